The first-order valence-electron chi connectivity index (χ1n) is 17.7. The molecule has 1 fully saturated rings. The minimum absolute atomic E-state index is 0.0535. The van der Waals surface area contributed by atoms with Crippen molar-refractivity contribution in [1.82, 2.24) is 0 Å². The predicted octanol–water partition coefficient (Wildman–Crippen LogP) is 8.16. The SMILES string of the molecule is CCCCCC1Cc2cc(O)c(CC(C)C)cc2-c2c(OC)cc3c(c21)CC(O)C(c1ccc(O)c(OC2CCCC(CO)C2)c1)O3. The van der Waals surface area contributed by atoms with Gasteiger partial charge < -0.3 is 34.6 Å². The molecule has 47 heavy (non-hydrogen) atoms. The van der Waals surface area contributed by atoms with Crippen LogP contribution in [-0.4, -0.2) is 46.4 Å². The Morgan fingerprint density at radius 1 is 0.979 bits per heavy atom. The van der Waals surface area contributed by atoms with E-state index in [0.29, 0.717) is 23.8 Å². The summed E-state index contributed by atoms with van der Waals surface area (Å²) in [5, 5.41) is 43.0. The van der Waals surface area contributed by atoms with Gasteiger partial charge in [0, 0.05) is 30.2 Å². The lowest BCUT2D eigenvalue weighted by molar-refractivity contribution is 0.0198. The van der Waals surface area contributed by atoms with Crippen LogP contribution in [0.1, 0.15) is 112 Å². The number of hydrogen-bond donors (Lipinski definition) is 4. The summed E-state index contributed by atoms with van der Waals surface area (Å²) in [4.78, 5) is 0. The topological polar surface area (TPSA) is 109 Å². The maximum absolute atomic E-state index is 11.7. The maximum Gasteiger partial charge on any atom is 0.161 e. The molecule has 254 valence electrons. The molecule has 1 aliphatic heterocycles. The summed E-state index contributed by atoms with van der Waals surface area (Å²) >= 11 is 0. The lowest BCUT2D eigenvalue weighted by atomic mass is 9.72. The van der Waals surface area contributed by atoms with Gasteiger partial charge in [-0.1, -0.05) is 46.1 Å². The third-order valence-corrected chi connectivity index (χ3v) is 10.5. The van der Waals surface area contributed by atoms with E-state index in [1.807, 2.05) is 12.1 Å². The Balaban J connectivity index is 1.38. The van der Waals surface area contributed by atoms with E-state index in [0.717, 1.165) is 109 Å². The van der Waals surface area contributed by atoms with Crippen molar-refractivity contribution < 1.29 is 34.6 Å². The Bertz CT molecular complexity index is 1560. The van der Waals surface area contributed by atoms with E-state index >= 15 is 0 Å². The van der Waals surface area contributed by atoms with Gasteiger partial charge >= 0.3 is 0 Å². The van der Waals surface area contributed by atoms with Crippen molar-refractivity contribution in [3.63, 3.8) is 0 Å². The normalized spacial score (nSPS) is 23.4. The summed E-state index contributed by atoms with van der Waals surface area (Å²) in [5.41, 5.74) is 7.20. The number of aliphatic hydroxyl groups excluding tert-OH is 2. The molecule has 3 aromatic carbocycles. The fraction of sp³-hybridized carbons (Fsp3) is 0.550. The fourth-order valence-electron chi connectivity index (χ4n) is 8.15. The zero-order chi connectivity index (χ0) is 33.2. The van der Waals surface area contributed by atoms with Crippen LogP contribution in [0.4, 0.5) is 0 Å². The standard InChI is InChI=1S/C40H52O7/c1-5-6-7-10-25-16-27-18-33(43)28(14-23(2)3)17-30(27)39-37(45-4)21-35-31(38(25)39)20-34(44)40(47-35)26-12-13-32(42)36(19-26)46-29-11-8-9-24(15-29)22-41/h12-13,17-19,21,23-25,29,34,40-44H,5-11,14-16,20,22H2,1-4H3. The number of aliphatic hydroxyl groups is 2. The molecule has 7 nitrogen and oxygen atoms in total. The molecule has 1 heterocycles. The molecular formula is C40H52O7. The molecule has 4 N–H and O–H groups in total. The molecule has 7 heteroatoms. The molecule has 0 spiro atoms. The summed E-state index contributed by atoms with van der Waals surface area (Å²) in [5.74, 6) is 3.08. The first-order chi connectivity index (χ1) is 22.7. The summed E-state index contributed by atoms with van der Waals surface area (Å²) in [6.45, 7) is 6.69. The summed E-state index contributed by atoms with van der Waals surface area (Å²) < 4.78 is 19.0. The van der Waals surface area contributed by atoms with Crippen molar-refractivity contribution >= 4 is 0 Å². The number of phenols is 2. The van der Waals surface area contributed by atoms with Crippen molar-refractivity contribution in [2.45, 2.75) is 116 Å². The molecule has 6 rings (SSSR count). The minimum Gasteiger partial charge on any atom is -0.508 e. The highest BCUT2D eigenvalue weighted by molar-refractivity contribution is 5.83. The molecule has 3 aliphatic rings. The molecule has 3 aromatic rings. The van der Waals surface area contributed by atoms with Crippen molar-refractivity contribution in [2.75, 3.05) is 13.7 Å². The second-order valence-electron chi connectivity index (χ2n) is 14.5. The van der Waals surface area contributed by atoms with Crippen LogP contribution in [0, 0.1) is 11.8 Å². The smallest absolute Gasteiger partial charge is 0.161 e. The summed E-state index contributed by atoms with van der Waals surface area (Å²) in [6, 6.07) is 11.3. The van der Waals surface area contributed by atoms with Gasteiger partial charge in [-0.05, 0) is 115 Å². The van der Waals surface area contributed by atoms with Crippen molar-refractivity contribution in [3.8, 4) is 39.9 Å². The fourth-order valence-corrected chi connectivity index (χ4v) is 8.15. The lowest BCUT2D eigenvalue weighted by Gasteiger charge is -2.38. The van der Waals surface area contributed by atoms with Crippen molar-refractivity contribution in [1.29, 1.82) is 0 Å². The first-order valence-corrected chi connectivity index (χ1v) is 17.7. The second-order valence-corrected chi connectivity index (χ2v) is 14.5. The van der Waals surface area contributed by atoms with E-state index in [2.05, 4.69) is 26.8 Å². The van der Waals surface area contributed by atoms with Gasteiger partial charge in [-0.3, -0.25) is 0 Å². The molecule has 0 amide bonds. The molecule has 1 saturated carbocycles. The Hall–Kier alpha value is -3.42. The number of phenolic OH excluding ortho intramolecular Hbond substituents is 2. The number of aromatic hydroxyl groups is 2. The van der Waals surface area contributed by atoms with Gasteiger partial charge in [-0.25, -0.2) is 0 Å². The molecule has 2 aliphatic carbocycles. The minimum atomic E-state index is -0.806. The molecule has 0 radical (unpaired) electrons. The van der Waals surface area contributed by atoms with Gasteiger partial charge in [0.05, 0.1) is 19.3 Å². The number of benzene rings is 3. The van der Waals surface area contributed by atoms with Crippen molar-refractivity contribution in [2.24, 2.45) is 11.8 Å². The average molecular weight is 645 g/mol. The first kappa shape index (κ1) is 33.5. The van der Waals surface area contributed by atoms with E-state index in [9.17, 15) is 20.4 Å². The quantitative estimate of drug-likeness (QED) is 0.156. The van der Waals surface area contributed by atoms with Crippen LogP contribution in [0.25, 0.3) is 11.1 Å². The van der Waals surface area contributed by atoms with Gasteiger partial charge in [0.1, 0.15) is 23.4 Å². The van der Waals surface area contributed by atoms with Gasteiger partial charge in [0.2, 0.25) is 0 Å². The Labute approximate surface area is 279 Å². The zero-order valence-electron chi connectivity index (χ0n) is 28.4. The maximum atomic E-state index is 11.7. The Morgan fingerprint density at radius 3 is 2.55 bits per heavy atom. The Kier molecular flexibility index (Phi) is 10.2. The van der Waals surface area contributed by atoms with Crippen LogP contribution in [0.5, 0.6) is 28.7 Å². The van der Waals surface area contributed by atoms with Gasteiger partial charge in [0.25, 0.3) is 0 Å². The highest BCUT2D eigenvalue weighted by atomic mass is 16.5. The number of hydrogen-bond acceptors (Lipinski definition) is 7. The highest BCUT2D eigenvalue weighted by Gasteiger charge is 2.38. The molecule has 0 saturated heterocycles. The third kappa shape index (κ3) is 6.93. The van der Waals surface area contributed by atoms with Crippen LogP contribution in [-0.2, 0) is 19.3 Å². The van der Waals surface area contributed by atoms with Crippen LogP contribution in [0.3, 0.4) is 0 Å². The third-order valence-electron chi connectivity index (χ3n) is 10.5. The van der Waals surface area contributed by atoms with Gasteiger partial charge in [-0.2, -0.15) is 0 Å². The van der Waals surface area contributed by atoms with Crippen molar-refractivity contribution in [3.05, 3.63) is 64.2 Å². The molecule has 5 unspecified atom stereocenters. The highest BCUT2D eigenvalue weighted by Crippen LogP contribution is 2.54. The lowest BCUT2D eigenvalue weighted by Crippen LogP contribution is -2.32. The van der Waals surface area contributed by atoms with Crippen LogP contribution < -0.4 is 14.2 Å². The Morgan fingerprint density at radius 2 is 1.81 bits per heavy atom. The van der Waals surface area contributed by atoms with E-state index in [4.69, 9.17) is 14.2 Å². The van der Waals surface area contributed by atoms with E-state index in [-0.39, 0.29) is 30.3 Å². The molecule has 0 bridgehead atoms. The van der Waals surface area contributed by atoms with Gasteiger partial charge in [0.15, 0.2) is 11.5 Å². The number of rotatable bonds is 11. The summed E-state index contributed by atoms with van der Waals surface area (Å²) in [6.07, 6.45) is 8.49. The van der Waals surface area contributed by atoms with Crippen LogP contribution in [0.2, 0.25) is 0 Å². The van der Waals surface area contributed by atoms with E-state index in [1.54, 1.807) is 25.3 Å². The molecule has 5 atom stereocenters. The number of unbranched alkanes of at least 4 members (excludes halogenated alkanes) is 2. The van der Waals surface area contributed by atoms with E-state index < -0.39 is 12.2 Å². The average Bonchev–Trinajstić information content (AvgIpc) is 3.05. The number of fused-ring (bicyclic) bond motifs is 5. The predicted molar refractivity (Wildman–Crippen MR) is 184 cm³/mol. The number of methoxy groups -OCH3 is 1. The van der Waals surface area contributed by atoms with Gasteiger partial charge in [-0.15, -0.1) is 0 Å². The summed E-state index contributed by atoms with van der Waals surface area (Å²) in [7, 11) is 1.70. The number of ether oxygens (including phenoxy) is 3. The zero-order valence-corrected chi connectivity index (χ0v) is 28.4. The molecular weight excluding hydrogens is 592 g/mol. The molecule has 0 aromatic heterocycles. The van der Waals surface area contributed by atoms with Crippen LogP contribution >= 0.6 is 0 Å². The monoisotopic (exact) mass is 644 g/mol. The van der Waals surface area contributed by atoms with Crippen LogP contribution in [0.15, 0.2) is 36.4 Å². The largest absolute Gasteiger partial charge is 0.508 e. The second kappa shape index (κ2) is 14.4. The van der Waals surface area contributed by atoms with E-state index in [1.165, 1.54) is 5.56 Å².